The predicted octanol–water partition coefficient (Wildman–Crippen LogP) is 3.63. The van der Waals surface area contributed by atoms with Gasteiger partial charge in [0.15, 0.2) is 5.12 Å². The van der Waals surface area contributed by atoms with E-state index in [1.54, 1.807) is 0 Å². The Hall–Kier alpha value is -1.49. The second-order valence-electron chi connectivity index (χ2n) is 3.12. The van der Waals surface area contributed by atoms with Crippen molar-refractivity contribution in [3.8, 4) is 0 Å². The third-order valence-corrected chi connectivity index (χ3v) is 2.75. The molecular weight excluding hydrogens is 250 g/mol. The van der Waals surface area contributed by atoms with E-state index in [-0.39, 0.29) is 6.54 Å². The van der Waals surface area contributed by atoms with Crippen LogP contribution in [0.25, 0.3) is 0 Å². The van der Waals surface area contributed by atoms with Crippen molar-refractivity contribution in [1.29, 1.82) is 0 Å². The Morgan fingerprint density at radius 3 is 2.44 bits per heavy atom. The standard InChI is InChI=1S/C11H13NO3S.C2H6.H2/c13-10(7-4-8-12-11(14)15)16-9-5-2-1-3-6-9;1-2;/h1-3,5-6,12H,4,7-8H2,(H,14,15);1-2H3;1H. The first-order chi connectivity index (χ1) is 8.68. The average Bonchev–Trinajstić information content (AvgIpc) is 2.38. The molecule has 0 radical (unpaired) electrons. The lowest BCUT2D eigenvalue weighted by Crippen LogP contribution is -2.22. The number of benzene rings is 1. The van der Waals surface area contributed by atoms with Gasteiger partial charge in [-0.1, -0.05) is 43.8 Å². The average molecular weight is 271 g/mol. The van der Waals surface area contributed by atoms with Crippen LogP contribution in [-0.4, -0.2) is 22.9 Å². The van der Waals surface area contributed by atoms with Gasteiger partial charge >= 0.3 is 6.09 Å². The van der Waals surface area contributed by atoms with E-state index < -0.39 is 6.09 Å². The SMILES string of the molecule is CC.O=C(O)NCCCC(=O)Sc1ccccc1.[HH]. The van der Waals surface area contributed by atoms with Crippen molar-refractivity contribution >= 4 is 23.0 Å². The second-order valence-corrected chi connectivity index (χ2v) is 4.25. The van der Waals surface area contributed by atoms with Gasteiger partial charge in [0.2, 0.25) is 0 Å². The summed E-state index contributed by atoms with van der Waals surface area (Å²) in [4.78, 5) is 22.5. The molecule has 2 N–H and O–H groups in total. The van der Waals surface area contributed by atoms with Gasteiger partial charge in [-0.05, 0) is 18.6 Å². The minimum absolute atomic E-state index is 0. The molecule has 1 rings (SSSR count). The molecule has 4 nitrogen and oxygen atoms in total. The Labute approximate surface area is 113 Å². The van der Waals surface area contributed by atoms with Crippen LogP contribution < -0.4 is 5.32 Å². The summed E-state index contributed by atoms with van der Waals surface area (Å²) in [6, 6.07) is 9.39. The number of thioether (sulfide) groups is 1. The zero-order chi connectivity index (χ0) is 13.8. The van der Waals surface area contributed by atoms with E-state index in [1.807, 2.05) is 44.2 Å². The highest BCUT2D eigenvalue weighted by atomic mass is 32.2. The molecule has 0 saturated carbocycles. The Balaban J connectivity index is 0. The Morgan fingerprint density at radius 2 is 1.89 bits per heavy atom. The molecule has 5 heteroatoms. The van der Waals surface area contributed by atoms with Gasteiger partial charge in [0.05, 0.1) is 0 Å². The van der Waals surface area contributed by atoms with Crippen LogP contribution in [0.5, 0.6) is 0 Å². The Morgan fingerprint density at radius 1 is 1.28 bits per heavy atom. The molecule has 1 aromatic rings. The molecule has 0 saturated heterocycles. The van der Waals surface area contributed by atoms with Gasteiger partial charge in [-0.2, -0.15) is 0 Å². The van der Waals surface area contributed by atoms with Crippen molar-refractivity contribution in [2.45, 2.75) is 31.6 Å². The normalized spacial score (nSPS) is 9.00. The summed E-state index contributed by atoms with van der Waals surface area (Å²) in [5.74, 6) is 0. The molecule has 0 aliphatic carbocycles. The van der Waals surface area contributed by atoms with Crippen LogP contribution in [0.15, 0.2) is 35.2 Å². The second kappa shape index (κ2) is 10.7. The summed E-state index contributed by atoms with van der Waals surface area (Å²) < 4.78 is 0. The van der Waals surface area contributed by atoms with E-state index in [2.05, 4.69) is 5.32 Å². The molecule has 0 aliphatic heterocycles. The summed E-state index contributed by atoms with van der Waals surface area (Å²) in [5.41, 5.74) is 0. The molecule has 0 spiro atoms. The number of hydrogen-bond acceptors (Lipinski definition) is 3. The number of hydrogen-bond donors (Lipinski definition) is 2. The van der Waals surface area contributed by atoms with Crippen molar-refractivity contribution < 1.29 is 16.1 Å². The van der Waals surface area contributed by atoms with E-state index in [0.717, 1.165) is 4.90 Å². The van der Waals surface area contributed by atoms with E-state index in [9.17, 15) is 9.59 Å². The fourth-order valence-corrected chi connectivity index (χ4v) is 1.90. The smallest absolute Gasteiger partial charge is 0.404 e. The number of carbonyl (C=O) groups excluding carboxylic acids is 1. The number of rotatable bonds is 5. The fraction of sp³-hybridized carbons (Fsp3) is 0.385. The maximum Gasteiger partial charge on any atom is 0.404 e. The first kappa shape index (κ1) is 16.5. The third-order valence-electron chi connectivity index (χ3n) is 1.81. The zero-order valence-corrected chi connectivity index (χ0v) is 11.5. The minimum Gasteiger partial charge on any atom is -0.465 e. The van der Waals surface area contributed by atoms with Crippen LogP contribution in [0.4, 0.5) is 4.79 Å². The van der Waals surface area contributed by atoms with E-state index in [1.165, 1.54) is 11.8 Å². The summed E-state index contributed by atoms with van der Waals surface area (Å²) in [7, 11) is 0. The Bertz CT molecular complexity index is 360. The van der Waals surface area contributed by atoms with Crippen molar-refractivity contribution in [2.24, 2.45) is 0 Å². The molecule has 0 atom stereocenters. The molecule has 0 bridgehead atoms. The van der Waals surface area contributed by atoms with E-state index in [4.69, 9.17) is 5.11 Å². The molecule has 1 amide bonds. The maximum absolute atomic E-state index is 11.4. The monoisotopic (exact) mass is 271 g/mol. The number of nitrogens with one attached hydrogen (secondary N) is 1. The summed E-state index contributed by atoms with van der Waals surface area (Å²) in [5, 5.41) is 10.6. The number of carbonyl (C=O) groups is 2. The fourth-order valence-electron chi connectivity index (χ4n) is 1.10. The summed E-state index contributed by atoms with van der Waals surface area (Å²) >= 11 is 1.19. The summed E-state index contributed by atoms with van der Waals surface area (Å²) in [6.07, 6.45) is -0.145. The third kappa shape index (κ3) is 8.64. The molecule has 0 aliphatic rings. The van der Waals surface area contributed by atoms with Crippen molar-refractivity contribution in [3.05, 3.63) is 30.3 Å². The first-order valence-corrected chi connectivity index (χ1v) is 6.72. The molecule has 102 valence electrons. The van der Waals surface area contributed by atoms with Crippen LogP contribution in [-0.2, 0) is 4.79 Å². The van der Waals surface area contributed by atoms with Crippen LogP contribution in [0.3, 0.4) is 0 Å². The molecule has 0 aromatic heterocycles. The highest BCUT2D eigenvalue weighted by Crippen LogP contribution is 2.19. The maximum atomic E-state index is 11.4. The summed E-state index contributed by atoms with van der Waals surface area (Å²) in [6.45, 7) is 4.32. The topological polar surface area (TPSA) is 66.4 Å². The van der Waals surface area contributed by atoms with Crippen LogP contribution in [0.2, 0.25) is 0 Å². The Kier molecular flexibility index (Phi) is 9.77. The molecule has 0 fully saturated rings. The number of amides is 1. The largest absolute Gasteiger partial charge is 0.465 e. The van der Waals surface area contributed by atoms with Gasteiger partial charge in [-0.15, -0.1) is 0 Å². The highest BCUT2D eigenvalue weighted by molar-refractivity contribution is 8.13. The first-order valence-electron chi connectivity index (χ1n) is 5.91. The molecule has 18 heavy (non-hydrogen) atoms. The van der Waals surface area contributed by atoms with Gasteiger partial charge in [0.1, 0.15) is 0 Å². The van der Waals surface area contributed by atoms with Crippen LogP contribution in [0, 0.1) is 0 Å². The van der Waals surface area contributed by atoms with Crippen molar-refractivity contribution in [3.63, 3.8) is 0 Å². The predicted molar refractivity (Wildman–Crippen MR) is 76.0 cm³/mol. The molecule has 0 heterocycles. The number of carboxylic acid groups (broad SMARTS) is 1. The van der Waals surface area contributed by atoms with Gasteiger partial charge in [-0.3, -0.25) is 4.79 Å². The lowest BCUT2D eigenvalue weighted by atomic mass is 10.3. The van der Waals surface area contributed by atoms with Crippen molar-refractivity contribution in [1.82, 2.24) is 5.32 Å². The van der Waals surface area contributed by atoms with Gasteiger partial charge < -0.3 is 10.4 Å². The lowest BCUT2D eigenvalue weighted by Gasteiger charge is -2.01. The van der Waals surface area contributed by atoms with E-state index >= 15 is 0 Å². The molecule has 1 aromatic carbocycles. The van der Waals surface area contributed by atoms with Gasteiger partial charge in [-0.25, -0.2) is 4.79 Å². The molecular formula is C13H21NO3S. The van der Waals surface area contributed by atoms with E-state index in [0.29, 0.717) is 19.4 Å². The molecule has 0 unspecified atom stereocenters. The minimum atomic E-state index is -1.05. The van der Waals surface area contributed by atoms with Crippen LogP contribution >= 0.6 is 11.8 Å². The van der Waals surface area contributed by atoms with Gasteiger partial charge in [0, 0.05) is 19.3 Å². The van der Waals surface area contributed by atoms with Crippen molar-refractivity contribution in [2.75, 3.05) is 6.54 Å². The van der Waals surface area contributed by atoms with Crippen LogP contribution in [0.1, 0.15) is 28.1 Å². The highest BCUT2D eigenvalue weighted by Gasteiger charge is 2.04. The van der Waals surface area contributed by atoms with Gasteiger partial charge in [0.25, 0.3) is 0 Å². The zero-order valence-electron chi connectivity index (χ0n) is 10.7. The quantitative estimate of drug-likeness (QED) is 0.634. The lowest BCUT2D eigenvalue weighted by molar-refractivity contribution is -0.111.